The monoisotopic (exact) mass is 350 g/mol. The van der Waals surface area contributed by atoms with Crippen molar-refractivity contribution in [2.45, 2.75) is 64.0 Å². The fraction of sp³-hybridized carbons (Fsp3) is 0.833. The van der Waals surface area contributed by atoms with Crippen LogP contribution in [-0.2, 0) is 9.59 Å². The lowest BCUT2D eigenvalue weighted by Gasteiger charge is -2.34. The van der Waals surface area contributed by atoms with Crippen LogP contribution in [0.3, 0.4) is 0 Å². The van der Waals surface area contributed by atoms with Crippen LogP contribution in [0.25, 0.3) is 0 Å². The summed E-state index contributed by atoms with van der Waals surface area (Å²) in [5.41, 5.74) is 4.94. The van der Waals surface area contributed by atoms with Crippen LogP contribution in [0.15, 0.2) is 0 Å². The maximum Gasteiger partial charge on any atom is 0.325 e. The van der Waals surface area contributed by atoms with Gasteiger partial charge in [-0.15, -0.1) is 0 Å². The molecule has 2 heterocycles. The molecule has 1 spiro atoms. The molecule has 1 saturated carbocycles. The first-order valence-corrected chi connectivity index (χ1v) is 9.53. The Kier molecular flexibility index (Phi) is 5.04. The number of hydrogen-bond acceptors (Lipinski definition) is 4. The first-order chi connectivity index (χ1) is 11.9. The van der Waals surface area contributed by atoms with Crippen molar-refractivity contribution >= 4 is 17.8 Å². The molecule has 4 amide bonds. The van der Waals surface area contributed by atoms with E-state index in [1.807, 2.05) is 6.92 Å². The van der Waals surface area contributed by atoms with Crippen LogP contribution in [0.4, 0.5) is 4.79 Å². The minimum absolute atomic E-state index is 0.107. The van der Waals surface area contributed by atoms with E-state index in [1.165, 1.54) is 0 Å². The molecule has 3 aliphatic rings. The molecule has 1 aliphatic carbocycles. The topological polar surface area (TPSA) is 95.7 Å². The third kappa shape index (κ3) is 3.26. The second-order valence-electron chi connectivity index (χ2n) is 7.99. The lowest BCUT2D eigenvalue weighted by molar-refractivity contribution is -0.140. The molecular formula is C18H30N4O3. The standard InChI is InChI=1S/C18H30N4O3/c1-3-13-4-6-18(7-5-13)16(24)22(17(25)20-18)11-15(23)21-10-14(9-19)8-12(21)2/h12-14H,3-11,19H2,1-2H3,(H,20,25). The Morgan fingerprint density at radius 3 is 2.52 bits per heavy atom. The van der Waals surface area contributed by atoms with Gasteiger partial charge in [0, 0.05) is 12.6 Å². The molecule has 0 aromatic heterocycles. The van der Waals surface area contributed by atoms with E-state index in [0.29, 0.717) is 37.8 Å². The van der Waals surface area contributed by atoms with E-state index in [-0.39, 0.29) is 24.4 Å². The zero-order valence-electron chi connectivity index (χ0n) is 15.3. The summed E-state index contributed by atoms with van der Waals surface area (Å²) in [6.07, 6.45) is 5.24. The van der Waals surface area contributed by atoms with Crippen LogP contribution in [-0.4, -0.2) is 58.9 Å². The maximum absolute atomic E-state index is 12.9. The van der Waals surface area contributed by atoms with E-state index in [1.54, 1.807) is 4.90 Å². The number of imide groups is 1. The molecule has 3 N–H and O–H groups in total. The third-order valence-electron chi connectivity index (χ3n) is 6.39. The number of urea groups is 1. The summed E-state index contributed by atoms with van der Waals surface area (Å²) in [4.78, 5) is 40.8. The Morgan fingerprint density at radius 2 is 1.96 bits per heavy atom. The Bertz CT molecular complexity index is 557. The lowest BCUT2D eigenvalue weighted by atomic mass is 9.75. The van der Waals surface area contributed by atoms with Crippen molar-refractivity contribution in [1.82, 2.24) is 15.1 Å². The molecule has 0 aromatic carbocycles. The molecule has 0 aromatic rings. The number of hydrogen-bond donors (Lipinski definition) is 2. The molecule has 0 radical (unpaired) electrons. The van der Waals surface area contributed by atoms with Crippen molar-refractivity contribution in [3.8, 4) is 0 Å². The SMILES string of the molecule is CCC1CCC2(CC1)NC(=O)N(CC(=O)N1CC(CN)CC1C)C2=O. The van der Waals surface area contributed by atoms with Crippen LogP contribution < -0.4 is 11.1 Å². The molecule has 7 nitrogen and oxygen atoms in total. The summed E-state index contributed by atoms with van der Waals surface area (Å²) in [6, 6.07) is -0.314. The zero-order valence-corrected chi connectivity index (χ0v) is 15.3. The first-order valence-electron chi connectivity index (χ1n) is 9.53. The molecule has 2 atom stereocenters. The van der Waals surface area contributed by atoms with Crippen molar-refractivity contribution in [3.63, 3.8) is 0 Å². The molecule has 2 unspecified atom stereocenters. The summed E-state index contributed by atoms with van der Waals surface area (Å²) in [7, 11) is 0. The lowest BCUT2D eigenvalue weighted by Crippen LogP contribution is -2.50. The molecule has 25 heavy (non-hydrogen) atoms. The Balaban J connectivity index is 1.64. The molecule has 3 rings (SSSR count). The van der Waals surface area contributed by atoms with Gasteiger partial charge in [0.2, 0.25) is 5.91 Å². The van der Waals surface area contributed by atoms with Gasteiger partial charge in [0.25, 0.3) is 5.91 Å². The average molecular weight is 350 g/mol. The molecule has 7 heteroatoms. The van der Waals surface area contributed by atoms with E-state index in [9.17, 15) is 14.4 Å². The van der Waals surface area contributed by atoms with Gasteiger partial charge in [-0.25, -0.2) is 4.79 Å². The number of nitrogens with one attached hydrogen (secondary N) is 1. The number of nitrogens with zero attached hydrogens (tertiary/aromatic N) is 2. The van der Waals surface area contributed by atoms with Crippen molar-refractivity contribution in [2.75, 3.05) is 19.6 Å². The summed E-state index contributed by atoms with van der Waals surface area (Å²) < 4.78 is 0. The smallest absolute Gasteiger partial charge is 0.325 e. The molecule has 2 aliphatic heterocycles. The van der Waals surface area contributed by atoms with Gasteiger partial charge < -0.3 is 16.0 Å². The van der Waals surface area contributed by atoms with Gasteiger partial charge in [-0.05, 0) is 57.4 Å². The second-order valence-corrected chi connectivity index (χ2v) is 7.99. The highest BCUT2D eigenvalue weighted by Gasteiger charge is 2.53. The van der Waals surface area contributed by atoms with Crippen LogP contribution >= 0.6 is 0 Å². The predicted octanol–water partition coefficient (Wildman–Crippen LogP) is 1.07. The van der Waals surface area contributed by atoms with E-state index in [4.69, 9.17) is 5.73 Å². The van der Waals surface area contributed by atoms with Crippen molar-refractivity contribution in [2.24, 2.45) is 17.6 Å². The summed E-state index contributed by atoms with van der Waals surface area (Å²) in [5, 5.41) is 2.89. The third-order valence-corrected chi connectivity index (χ3v) is 6.39. The van der Waals surface area contributed by atoms with Gasteiger partial charge >= 0.3 is 6.03 Å². The fourth-order valence-electron chi connectivity index (χ4n) is 4.62. The highest BCUT2D eigenvalue weighted by Crippen LogP contribution is 2.37. The van der Waals surface area contributed by atoms with Gasteiger partial charge in [-0.2, -0.15) is 0 Å². The Morgan fingerprint density at radius 1 is 1.28 bits per heavy atom. The molecular weight excluding hydrogens is 320 g/mol. The van der Waals surface area contributed by atoms with Crippen molar-refractivity contribution in [1.29, 1.82) is 0 Å². The van der Waals surface area contributed by atoms with E-state index < -0.39 is 11.6 Å². The van der Waals surface area contributed by atoms with E-state index in [0.717, 1.165) is 30.6 Å². The summed E-state index contributed by atoms with van der Waals surface area (Å²) >= 11 is 0. The normalized spacial score (nSPS) is 35.6. The van der Waals surface area contributed by atoms with Gasteiger partial charge in [0.15, 0.2) is 0 Å². The van der Waals surface area contributed by atoms with Crippen molar-refractivity contribution < 1.29 is 14.4 Å². The number of nitrogens with two attached hydrogens (primary N) is 1. The quantitative estimate of drug-likeness (QED) is 0.742. The van der Waals surface area contributed by atoms with E-state index in [2.05, 4.69) is 12.2 Å². The average Bonchev–Trinajstić information content (AvgIpc) is 3.09. The number of carbonyl (C=O) groups is 3. The largest absolute Gasteiger partial charge is 0.338 e. The highest BCUT2D eigenvalue weighted by atomic mass is 16.2. The number of likely N-dealkylation sites (tertiary alicyclic amines) is 1. The minimum Gasteiger partial charge on any atom is -0.338 e. The summed E-state index contributed by atoms with van der Waals surface area (Å²) in [5.74, 6) is 0.552. The highest BCUT2D eigenvalue weighted by molar-refractivity contribution is 6.09. The number of carbonyl (C=O) groups excluding carboxylic acids is 3. The van der Waals surface area contributed by atoms with Gasteiger partial charge in [0.1, 0.15) is 12.1 Å². The van der Waals surface area contributed by atoms with Gasteiger partial charge in [-0.1, -0.05) is 13.3 Å². The fourth-order valence-corrected chi connectivity index (χ4v) is 4.62. The minimum atomic E-state index is -0.778. The summed E-state index contributed by atoms with van der Waals surface area (Å²) in [6.45, 7) is 5.16. The van der Waals surface area contributed by atoms with Gasteiger partial charge in [0.05, 0.1) is 0 Å². The first kappa shape index (κ1) is 18.2. The zero-order chi connectivity index (χ0) is 18.2. The maximum atomic E-state index is 12.9. The van der Waals surface area contributed by atoms with Gasteiger partial charge in [-0.3, -0.25) is 14.5 Å². The predicted molar refractivity (Wildman–Crippen MR) is 93.6 cm³/mol. The van der Waals surface area contributed by atoms with Crippen LogP contribution in [0, 0.1) is 11.8 Å². The van der Waals surface area contributed by atoms with Crippen molar-refractivity contribution in [3.05, 3.63) is 0 Å². The molecule has 2 saturated heterocycles. The van der Waals surface area contributed by atoms with Crippen LogP contribution in [0.5, 0.6) is 0 Å². The molecule has 3 fully saturated rings. The number of amides is 4. The number of rotatable bonds is 4. The van der Waals surface area contributed by atoms with Crippen LogP contribution in [0.2, 0.25) is 0 Å². The Labute approximate surface area is 149 Å². The molecule has 140 valence electrons. The van der Waals surface area contributed by atoms with Crippen LogP contribution in [0.1, 0.15) is 52.4 Å². The van der Waals surface area contributed by atoms with E-state index >= 15 is 0 Å². The molecule has 0 bridgehead atoms. The second kappa shape index (κ2) is 6.94. The Hall–Kier alpha value is -1.63.